The van der Waals surface area contributed by atoms with Crippen LogP contribution in [0.5, 0.6) is 0 Å². The van der Waals surface area contributed by atoms with Crippen molar-refractivity contribution in [3.05, 3.63) is 70.8 Å². The van der Waals surface area contributed by atoms with Gasteiger partial charge in [0.15, 0.2) is 5.78 Å². The maximum Gasteiger partial charge on any atom is 0.337 e. The lowest BCUT2D eigenvalue weighted by Crippen LogP contribution is -2.29. The minimum absolute atomic E-state index is 0.107. The Hall–Kier alpha value is -2.95. The standard InChI is InChI=1S/C18H17NO4/c1-12-4-3-5-15(10-12)17(21)19-11-16(20)13-6-8-14(9-7-13)18(22)23-2/h3-10H,11H2,1-2H3,(H,19,21). The molecule has 0 unspecified atom stereocenters. The van der Waals surface area contributed by atoms with Gasteiger partial charge in [-0.05, 0) is 31.2 Å². The van der Waals surface area contributed by atoms with Crippen molar-refractivity contribution < 1.29 is 19.1 Å². The van der Waals surface area contributed by atoms with E-state index in [1.54, 1.807) is 18.2 Å². The predicted molar refractivity (Wildman–Crippen MR) is 85.6 cm³/mol. The number of hydrogen-bond donors (Lipinski definition) is 1. The SMILES string of the molecule is COC(=O)c1ccc(C(=O)CNC(=O)c2cccc(C)c2)cc1. The van der Waals surface area contributed by atoms with Gasteiger partial charge in [-0.2, -0.15) is 0 Å². The highest BCUT2D eigenvalue weighted by atomic mass is 16.5. The Bertz CT molecular complexity index is 735. The number of hydrogen-bond acceptors (Lipinski definition) is 4. The number of esters is 1. The summed E-state index contributed by atoms with van der Waals surface area (Å²) in [4.78, 5) is 35.4. The third kappa shape index (κ3) is 4.26. The number of carbonyl (C=O) groups is 3. The lowest BCUT2D eigenvalue weighted by atomic mass is 10.1. The molecule has 0 fully saturated rings. The Balaban J connectivity index is 1.97. The van der Waals surface area contributed by atoms with E-state index in [1.807, 2.05) is 13.0 Å². The number of nitrogens with one attached hydrogen (secondary N) is 1. The maximum atomic E-state index is 12.1. The second-order valence-corrected chi connectivity index (χ2v) is 5.04. The average Bonchev–Trinajstić information content (AvgIpc) is 2.58. The number of ketones is 1. The van der Waals surface area contributed by atoms with Crippen LogP contribution in [0.3, 0.4) is 0 Å². The normalized spacial score (nSPS) is 10.0. The Kier molecular flexibility index (Phi) is 5.25. The highest BCUT2D eigenvalue weighted by Gasteiger charge is 2.11. The highest BCUT2D eigenvalue weighted by Crippen LogP contribution is 2.07. The number of methoxy groups -OCH3 is 1. The largest absolute Gasteiger partial charge is 0.465 e. The molecule has 0 aliphatic heterocycles. The molecule has 0 bridgehead atoms. The second kappa shape index (κ2) is 7.35. The molecule has 2 aromatic carbocycles. The summed E-state index contributed by atoms with van der Waals surface area (Å²) in [5.74, 6) is -0.993. The summed E-state index contributed by atoms with van der Waals surface area (Å²) in [6, 6.07) is 13.2. The van der Waals surface area contributed by atoms with Crippen LogP contribution in [0.2, 0.25) is 0 Å². The maximum absolute atomic E-state index is 12.1. The van der Waals surface area contributed by atoms with Gasteiger partial charge in [0.05, 0.1) is 19.2 Å². The van der Waals surface area contributed by atoms with E-state index in [0.717, 1.165) is 5.56 Å². The van der Waals surface area contributed by atoms with E-state index in [1.165, 1.54) is 31.4 Å². The molecule has 0 radical (unpaired) electrons. The van der Waals surface area contributed by atoms with Gasteiger partial charge in [-0.15, -0.1) is 0 Å². The lowest BCUT2D eigenvalue weighted by molar-refractivity contribution is 0.0600. The first-order valence-corrected chi connectivity index (χ1v) is 7.07. The Morgan fingerprint density at radius 3 is 2.22 bits per heavy atom. The van der Waals surface area contributed by atoms with Gasteiger partial charge in [-0.25, -0.2) is 4.79 Å². The van der Waals surface area contributed by atoms with Crippen molar-refractivity contribution in [2.24, 2.45) is 0 Å². The van der Waals surface area contributed by atoms with E-state index in [4.69, 9.17) is 0 Å². The Morgan fingerprint density at radius 1 is 0.957 bits per heavy atom. The van der Waals surface area contributed by atoms with E-state index < -0.39 is 5.97 Å². The average molecular weight is 311 g/mol. The molecule has 0 saturated carbocycles. The summed E-state index contributed by atoms with van der Waals surface area (Å²) in [7, 11) is 1.29. The smallest absolute Gasteiger partial charge is 0.337 e. The Labute approximate surface area is 134 Å². The quantitative estimate of drug-likeness (QED) is 0.680. The van der Waals surface area contributed by atoms with E-state index in [9.17, 15) is 14.4 Å². The van der Waals surface area contributed by atoms with Gasteiger partial charge in [0, 0.05) is 11.1 Å². The van der Waals surface area contributed by atoms with Gasteiger partial charge in [0.2, 0.25) is 0 Å². The molecule has 2 rings (SSSR count). The highest BCUT2D eigenvalue weighted by molar-refractivity contribution is 6.02. The molecule has 0 heterocycles. The molecule has 0 saturated heterocycles. The second-order valence-electron chi connectivity index (χ2n) is 5.04. The van der Waals surface area contributed by atoms with Crippen LogP contribution in [0, 0.1) is 6.92 Å². The summed E-state index contributed by atoms with van der Waals surface area (Å²) in [5, 5.41) is 2.59. The zero-order valence-corrected chi connectivity index (χ0v) is 13.0. The first-order chi connectivity index (χ1) is 11.0. The number of ether oxygens (including phenoxy) is 1. The first-order valence-electron chi connectivity index (χ1n) is 7.07. The molecule has 0 aromatic heterocycles. The third-order valence-corrected chi connectivity index (χ3v) is 3.32. The van der Waals surface area contributed by atoms with Gasteiger partial charge >= 0.3 is 5.97 Å². The van der Waals surface area contributed by atoms with Crippen LogP contribution in [0.4, 0.5) is 0 Å². The van der Waals surface area contributed by atoms with Crippen molar-refractivity contribution in [1.82, 2.24) is 5.32 Å². The fourth-order valence-electron chi connectivity index (χ4n) is 2.06. The summed E-state index contributed by atoms with van der Waals surface area (Å²) in [6.45, 7) is 1.79. The van der Waals surface area contributed by atoms with Gasteiger partial charge in [0.1, 0.15) is 0 Å². The van der Waals surface area contributed by atoms with Crippen molar-refractivity contribution in [1.29, 1.82) is 0 Å². The third-order valence-electron chi connectivity index (χ3n) is 3.32. The summed E-state index contributed by atoms with van der Waals surface area (Å²) in [5.41, 5.74) is 2.27. The van der Waals surface area contributed by atoms with Crippen LogP contribution in [0.15, 0.2) is 48.5 Å². The minimum atomic E-state index is -0.461. The molecule has 0 aliphatic rings. The Morgan fingerprint density at radius 2 is 1.61 bits per heavy atom. The molecule has 2 aromatic rings. The van der Waals surface area contributed by atoms with Crippen LogP contribution in [-0.2, 0) is 4.74 Å². The minimum Gasteiger partial charge on any atom is -0.465 e. The van der Waals surface area contributed by atoms with Crippen molar-refractivity contribution in [3.8, 4) is 0 Å². The lowest BCUT2D eigenvalue weighted by Gasteiger charge is -2.06. The molecular weight excluding hydrogens is 294 g/mol. The zero-order chi connectivity index (χ0) is 16.8. The predicted octanol–water partition coefficient (Wildman–Crippen LogP) is 2.39. The van der Waals surface area contributed by atoms with E-state index in [-0.39, 0.29) is 18.2 Å². The van der Waals surface area contributed by atoms with Crippen LogP contribution in [0.1, 0.15) is 36.6 Å². The number of benzene rings is 2. The molecule has 0 atom stereocenters. The fraction of sp³-hybridized carbons (Fsp3) is 0.167. The van der Waals surface area contributed by atoms with Crippen molar-refractivity contribution >= 4 is 17.7 Å². The summed E-state index contributed by atoms with van der Waals surface area (Å²) >= 11 is 0. The molecule has 5 heteroatoms. The molecule has 0 aliphatic carbocycles. The summed E-state index contributed by atoms with van der Waals surface area (Å²) in [6.07, 6.45) is 0. The van der Waals surface area contributed by atoms with Crippen LogP contribution >= 0.6 is 0 Å². The van der Waals surface area contributed by atoms with Crippen molar-refractivity contribution in [2.75, 3.05) is 13.7 Å². The van der Waals surface area contributed by atoms with Crippen LogP contribution in [0.25, 0.3) is 0 Å². The molecule has 1 amide bonds. The van der Waals surface area contributed by atoms with Gasteiger partial charge in [-0.1, -0.05) is 29.8 Å². The van der Waals surface area contributed by atoms with Crippen molar-refractivity contribution in [2.45, 2.75) is 6.92 Å². The molecule has 0 spiro atoms. The van der Waals surface area contributed by atoms with E-state index in [2.05, 4.69) is 10.1 Å². The van der Waals surface area contributed by atoms with Crippen LogP contribution in [-0.4, -0.2) is 31.3 Å². The number of aryl methyl sites for hydroxylation is 1. The molecule has 118 valence electrons. The number of rotatable bonds is 5. The molecular formula is C18H17NO4. The monoisotopic (exact) mass is 311 g/mol. The topological polar surface area (TPSA) is 72.5 Å². The summed E-state index contributed by atoms with van der Waals surface area (Å²) < 4.78 is 4.59. The van der Waals surface area contributed by atoms with E-state index >= 15 is 0 Å². The number of amides is 1. The molecule has 1 N–H and O–H groups in total. The number of Topliss-reactive ketones (excluding diaryl/α,β-unsaturated/α-hetero) is 1. The fourth-order valence-corrected chi connectivity index (χ4v) is 2.06. The van der Waals surface area contributed by atoms with Gasteiger partial charge < -0.3 is 10.1 Å². The zero-order valence-electron chi connectivity index (χ0n) is 13.0. The molecule has 5 nitrogen and oxygen atoms in total. The number of carbonyl (C=O) groups excluding carboxylic acids is 3. The van der Waals surface area contributed by atoms with Gasteiger partial charge in [0.25, 0.3) is 5.91 Å². The van der Waals surface area contributed by atoms with E-state index in [0.29, 0.717) is 16.7 Å². The molecule has 23 heavy (non-hydrogen) atoms. The van der Waals surface area contributed by atoms with Gasteiger partial charge in [-0.3, -0.25) is 9.59 Å². The first kappa shape index (κ1) is 16.4. The van der Waals surface area contributed by atoms with Crippen LogP contribution < -0.4 is 5.32 Å². The van der Waals surface area contributed by atoms with Crippen molar-refractivity contribution in [3.63, 3.8) is 0 Å².